The molecule has 29 heavy (non-hydrogen) atoms. The first-order valence-electron chi connectivity index (χ1n) is 9.19. The summed E-state index contributed by atoms with van der Waals surface area (Å²) in [6.07, 6.45) is 0.491. The van der Waals surface area contributed by atoms with E-state index in [4.69, 9.17) is 4.74 Å². The highest BCUT2D eigenvalue weighted by molar-refractivity contribution is 5.91. The number of nitrogens with one attached hydrogen (secondary N) is 1. The molecule has 7 nitrogen and oxygen atoms in total. The van der Waals surface area contributed by atoms with Crippen LogP contribution >= 0.6 is 0 Å². The molecule has 0 bridgehead atoms. The van der Waals surface area contributed by atoms with Crippen LogP contribution in [0.5, 0.6) is 0 Å². The molecular formula is C21H22FN3O4. The van der Waals surface area contributed by atoms with Crippen molar-refractivity contribution >= 4 is 22.5 Å². The molecule has 0 saturated heterocycles. The van der Waals surface area contributed by atoms with Gasteiger partial charge in [-0.1, -0.05) is 12.1 Å². The number of nitrogens with zero attached hydrogens (tertiary/aromatic N) is 2. The maximum atomic E-state index is 13.4. The third-order valence-corrected chi connectivity index (χ3v) is 4.61. The highest BCUT2D eigenvalue weighted by Gasteiger charge is 2.15. The third-order valence-electron chi connectivity index (χ3n) is 4.61. The van der Waals surface area contributed by atoms with Crippen LogP contribution in [0.25, 0.3) is 10.9 Å². The second kappa shape index (κ2) is 8.83. The molecule has 3 aromatic rings. The van der Waals surface area contributed by atoms with Crippen LogP contribution < -0.4 is 16.6 Å². The smallest absolute Gasteiger partial charge is 0.331 e. The van der Waals surface area contributed by atoms with Gasteiger partial charge in [0.25, 0.3) is 5.56 Å². The molecule has 0 aliphatic carbocycles. The summed E-state index contributed by atoms with van der Waals surface area (Å²) in [6.45, 7) is 1.91. The number of benzene rings is 2. The number of carbonyl (C=O) groups is 1. The lowest BCUT2D eigenvalue weighted by atomic mass is 10.2. The van der Waals surface area contributed by atoms with E-state index in [0.29, 0.717) is 35.2 Å². The van der Waals surface area contributed by atoms with E-state index in [1.54, 1.807) is 38.3 Å². The highest BCUT2D eigenvalue weighted by atomic mass is 19.1. The van der Waals surface area contributed by atoms with E-state index in [0.717, 1.165) is 4.57 Å². The monoisotopic (exact) mass is 399 g/mol. The molecule has 1 N–H and O–H groups in total. The van der Waals surface area contributed by atoms with Crippen molar-refractivity contribution in [3.8, 4) is 0 Å². The minimum atomic E-state index is -0.560. The minimum Gasteiger partial charge on any atom is -0.385 e. The summed E-state index contributed by atoms with van der Waals surface area (Å²) >= 11 is 0. The maximum absolute atomic E-state index is 13.4. The molecule has 8 heteroatoms. The molecule has 0 unspecified atom stereocenters. The van der Waals surface area contributed by atoms with E-state index in [1.807, 2.05) is 0 Å². The lowest BCUT2D eigenvalue weighted by Crippen LogP contribution is -2.42. The number of amides is 1. The van der Waals surface area contributed by atoms with Gasteiger partial charge in [0.05, 0.1) is 10.9 Å². The summed E-state index contributed by atoms with van der Waals surface area (Å²) in [5.74, 6) is -0.821. The van der Waals surface area contributed by atoms with Crippen molar-refractivity contribution in [1.82, 2.24) is 9.13 Å². The van der Waals surface area contributed by atoms with Crippen LogP contribution in [0.15, 0.2) is 52.1 Å². The number of para-hydroxylation sites is 1. The average molecular weight is 399 g/mol. The predicted molar refractivity (Wildman–Crippen MR) is 109 cm³/mol. The largest absolute Gasteiger partial charge is 0.385 e. The van der Waals surface area contributed by atoms with Gasteiger partial charge < -0.3 is 10.1 Å². The number of carbonyl (C=O) groups excluding carboxylic acids is 1. The van der Waals surface area contributed by atoms with Gasteiger partial charge in [-0.15, -0.1) is 0 Å². The number of anilines is 1. The molecule has 0 fully saturated rings. The Morgan fingerprint density at radius 1 is 1.14 bits per heavy atom. The highest BCUT2D eigenvalue weighted by Crippen LogP contribution is 2.14. The fourth-order valence-corrected chi connectivity index (χ4v) is 3.15. The average Bonchev–Trinajstić information content (AvgIpc) is 2.70. The molecule has 0 radical (unpaired) electrons. The Balaban J connectivity index is 1.96. The number of rotatable bonds is 7. The Hall–Kier alpha value is -3.26. The summed E-state index contributed by atoms with van der Waals surface area (Å²) in [5, 5.41) is 3.02. The van der Waals surface area contributed by atoms with Gasteiger partial charge in [-0.25, -0.2) is 9.18 Å². The lowest BCUT2D eigenvalue weighted by Gasteiger charge is -2.14. The van der Waals surface area contributed by atoms with Crippen molar-refractivity contribution in [2.24, 2.45) is 0 Å². The van der Waals surface area contributed by atoms with Crippen molar-refractivity contribution < 1.29 is 13.9 Å². The van der Waals surface area contributed by atoms with Crippen molar-refractivity contribution in [2.75, 3.05) is 19.0 Å². The van der Waals surface area contributed by atoms with E-state index >= 15 is 0 Å². The van der Waals surface area contributed by atoms with E-state index in [-0.39, 0.29) is 18.9 Å². The van der Waals surface area contributed by atoms with Crippen LogP contribution in [0.1, 0.15) is 12.0 Å². The zero-order valence-corrected chi connectivity index (χ0v) is 16.3. The van der Waals surface area contributed by atoms with Crippen molar-refractivity contribution in [1.29, 1.82) is 0 Å². The number of aromatic nitrogens is 2. The van der Waals surface area contributed by atoms with Crippen LogP contribution in [-0.4, -0.2) is 28.8 Å². The number of fused-ring (bicyclic) bond motifs is 1. The van der Waals surface area contributed by atoms with Gasteiger partial charge in [0.2, 0.25) is 5.91 Å². The number of hydrogen-bond donors (Lipinski definition) is 1. The van der Waals surface area contributed by atoms with Crippen molar-refractivity contribution in [3.63, 3.8) is 0 Å². The molecule has 0 aliphatic rings. The number of methoxy groups -OCH3 is 1. The number of halogens is 1. The van der Waals surface area contributed by atoms with Crippen LogP contribution in [0.4, 0.5) is 10.1 Å². The number of ether oxygens (including phenoxy) is 1. The van der Waals surface area contributed by atoms with Gasteiger partial charge in [-0.2, -0.15) is 0 Å². The molecule has 0 aliphatic heterocycles. The standard InChI is InChI=1S/C21H22FN3O4/c1-14-12-15(8-9-17(14)22)23-19(26)13-25-18-7-4-3-6-16(18)20(27)24(21(25)28)10-5-11-29-2/h3-4,6-9,12H,5,10-11,13H2,1-2H3,(H,23,26). The first-order chi connectivity index (χ1) is 13.9. The fourth-order valence-electron chi connectivity index (χ4n) is 3.15. The first kappa shape index (κ1) is 20.5. The van der Waals surface area contributed by atoms with Gasteiger partial charge in [0.1, 0.15) is 12.4 Å². The van der Waals surface area contributed by atoms with Crippen molar-refractivity contribution in [3.05, 3.63) is 74.7 Å². The normalized spacial score (nSPS) is 11.0. The van der Waals surface area contributed by atoms with Crippen molar-refractivity contribution in [2.45, 2.75) is 26.4 Å². The lowest BCUT2D eigenvalue weighted by molar-refractivity contribution is -0.116. The zero-order chi connectivity index (χ0) is 21.0. The maximum Gasteiger partial charge on any atom is 0.331 e. The molecule has 1 amide bonds. The summed E-state index contributed by atoms with van der Waals surface area (Å²) in [6, 6.07) is 10.9. The molecule has 0 saturated carbocycles. The fraction of sp³-hybridized carbons (Fsp3) is 0.286. The quantitative estimate of drug-likeness (QED) is 0.618. The number of aryl methyl sites for hydroxylation is 1. The topological polar surface area (TPSA) is 82.3 Å². The molecule has 2 aromatic carbocycles. The zero-order valence-electron chi connectivity index (χ0n) is 16.3. The predicted octanol–water partition coefficient (Wildman–Crippen LogP) is 2.29. The van der Waals surface area contributed by atoms with E-state index in [2.05, 4.69) is 5.32 Å². The number of hydrogen-bond acceptors (Lipinski definition) is 4. The van der Waals surface area contributed by atoms with Crippen LogP contribution in [0, 0.1) is 12.7 Å². The molecule has 1 heterocycles. The Bertz CT molecular complexity index is 1170. The summed E-state index contributed by atoms with van der Waals surface area (Å²) in [5.41, 5.74) is 0.260. The van der Waals surface area contributed by atoms with E-state index in [9.17, 15) is 18.8 Å². The molecule has 0 spiro atoms. The van der Waals surface area contributed by atoms with Gasteiger partial charge >= 0.3 is 5.69 Å². The molecule has 0 atom stereocenters. The van der Waals surface area contributed by atoms with Crippen LogP contribution in [0.2, 0.25) is 0 Å². The van der Waals surface area contributed by atoms with Gasteiger partial charge in [-0.3, -0.25) is 18.7 Å². The van der Waals surface area contributed by atoms with Gasteiger partial charge in [0, 0.05) is 25.9 Å². The first-order valence-corrected chi connectivity index (χ1v) is 9.19. The second-order valence-corrected chi connectivity index (χ2v) is 6.70. The summed E-state index contributed by atoms with van der Waals surface area (Å²) in [4.78, 5) is 38.2. The van der Waals surface area contributed by atoms with Gasteiger partial charge in [0.15, 0.2) is 0 Å². The van der Waals surface area contributed by atoms with Crippen LogP contribution in [-0.2, 0) is 22.6 Å². The van der Waals surface area contributed by atoms with Gasteiger partial charge in [-0.05, 0) is 49.2 Å². The van der Waals surface area contributed by atoms with Crippen LogP contribution in [0.3, 0.4) is 0 Å². The summed E-state index contributed by atoms with van der Waals surface area (Å²) in [7, 11) is 1.54. The Morgan fingerprint density at radius 2 is 1.90 bits per heavy atom. The third kappa shape index (κ3) is 4.43. The minimum absolute atomic E-state index is 0.190. The molecular weight excluding hydrogens is 377 g/mol. The molecule has 1 aromatic heterocycles. The SMILES string of the molecule is COCCCn1c(=O)c2ccccc2n(CC(=O)Nc2ccc(F)c(C)c2)c1=O. The Kier molecular flexibility index (Phi) is 6.23. The Morgan fingerprint density at radius 3 is 2.62 bits per heavy atom. The Labute approximate surface area is 166 Å². The van der Waals surface area contributed by atoms with E-state index < -0.39 is 17.2 Å². The van der Waals surface area contributed by atoms with E-state index in [1.165, 1.54) is 22.8 Å². The molecule has 152 valence electrons. The second-order valence-electron chi connectivity index (χ2n) is 6.70. The molecule has 3 rings (SSSR count). The summed E-state index contributed by atoms with van der Waals surface area (Å²) < 4.78 is 20.8.